The van der Waals surface area contributed by atoms with Gasteiger partial charge in [-0.3, -0.25) is 0 Å². The smallest absolute Gasteiger partial charge is 0.252 e. The van der Waals surface area contributed by atoms with Crippen LogP contribution in [0.3, 0.4) is 0 Å². The van der Waals surface area contributed by atoms with Gasteiger partial charge in [-0.1, -0.05) is 324 Å². The number of anilines is 6. The maximum atomic E-state index is 2.73. The lowest BCUT2D eigenvalue weighted by atomic mass is 9.33. The van der Waals surface area contributed by atoms with E-state index < -0.39 is 0 Å². The van der Waals surface area contributed by atoms with Crippen LogP contribution in [0.4, 0.5) is 34.1 Å². The Kier molecular flexibility index (Phi) is 13.6. The van der Waals surface area contributed by atoms with Crippen molar-refractivity contribution in [3.63, 3.8) is 0 Å². The summed E-state index contributed by atoms with van der Waals surface area (Å²) in [6, 6.07) is 133. The third-order valence-corrected chi connectivity index (χ3v) is 21.1. The summed E-state index contributed by atoms with van der Waals surface area (Å²) in [5.74, 6) is 0. The number of nitrogens with zero attached hydrogens (tertiary/aromatic N) is 2. The van der Waals surface area contributed by atoms with Gasteiger partial charge in [-0.25, -0.2) is 0 Å². The van der Waals surface area contributed by atoms with E-state index in [4.69, 9.17) is 0 Å². The second-order valence-electron chi connectivity index (χ2n) is 27.8. The van der Waals surface area contributed by atoms with Crippen LogP contribution in [0.2, 0.25) is 0 Å². The topological polar surface area (TPSA) is 6.48 Å². The van der Waals surface area contributed by atoms with E-state index in [1.165, 1.54) is 87.3 Å². The number of hydrogen-bond donors (Lipinski definition) is 0. The molecular formula is C96H67BN2. The predicted molar refractivity (Wildman–Crippen MR) is 424 cm³/mol. The van der Waals surface area contributed by atoms with Crippen LogP contribution >= 0.6 is 0 Å². The van der Waals surface area contributed by atoms with Crippen LogP contribution in [0.15, 0.2) is 352 Å². The summed E-state index contributed by atoms with van der Waals surface area (Å²) >= 11 is 0. The molecule has 0 radical (unpaired) electrons. The van der Waals surface area contributed by atoms with Gasteiger partial charge in [-0.05, 0) is 186 Å². The summed E-state index contributed by atoms with van der Waals surface area (Å²) in [6.45, 7) is 6.95. The van der Waals surface area contributed by atoms with Gasteiger partial charge in [0, 0.05) is 45.0 Å². The fourth-order valence-corrected chi connectivity index (χ4v) is 16.5. The monoisotopic (exact) mass is 1260 g/mol. The summed E-state index contributed by atoms with van der Waals surface area (Å²) in [6.07, 6.45) is 0. The zero-order valence-corrected chi connectivity index (χ0v) is 55.5. The van der Waals surface area contributed by atoms with Crippen LogP contribution in [0.5, 0.6) is 0 Å². The summed E-state index contributed by atoms with van der Waals surface area (Å²) in [5.41, 5.74) is 30.0. The Labute approximate surface area is 579 Å². The molecule has 0 N–H and O–H groups in total. The molecule has 0 saturated heterocycles. The molecule has 464 valence electrons. The van der Waals surface area contributed by atoms with Crippen LogP contribution in [-0.4, -0.2) is 6.71 Å². The SMILES string of the molecule is CC(C)(C)c1cc2c3c(c1)N(c1c(-c4ccccc4)cc(-c4ccccc4)cc1-c1ccccc1)c1cc(-c4ccc5c6cccc7cccc(c8cccc4c85)c76)ccc1B3c1cc(-c3ccccc3)ccc1N2c1c(-c2ccccc2)cc(-c2ccccc2)cc1-c1ccccc1. The zero-order valence-electron chi connectivity index (χ0n) is 55.5. The Morgan fingerprint density at radius 3 is 1.07 bits per heavy atom. The molecule has 17 aromatic rings. The normalized spacial score (nSPS) is 12.5. The lowest BCUT2D eigenvalue weighted by molar-refractivity contribution is 0.590. The van der Waals surface area contributed by atoms with Gasteiger partial charge in [-0.15, -0.1) is 0 Å². The third-order valence-electron chi connectivity index (χ3n) is 21.1. The first-order valence-electron chi connectivity index (χ1n) is 34.7. The minimum atomic E-state index is -0.312. The van der Waals surface area contributed by atoms with Gasteiger partial charge in [0.05, 0.1) is 11.4 Å². The number of hydrogen-bond acceptors (Lipinski definition) is 2. The first kappa shape index (κ1) is 58.1. The Morgan fingerprint density at radius 1 is 0.232 bits per heavy atom. The van der Waals surface area contributed by atoms with Crippen molar-refractivity contribution in [2.75, 3.05) is 9.80 Å². The molecule has 0 saturated carbocycles. The highest BCUT2D eigenvalue weighted by Gasteiger charge is 2.46. The summed E-state index contributed by atoms with van der Waals surface area (Å²) in [4.78, 5) is 5.41. The predicted octanol–water partition coefficient (Wildman–Crippen LogP) is 24.5. The Hall–Kier alpha value is -12.3. The second-order valence-corrected chi connectivity index (χ2v) is 27.8. The molecule has 2 heterocycles. The van der Waals surface area contributed by atoms with Crippen molar-refractivity contribution in [1.29, 1.82) is 0 Å². The van der Waals surface area contributed by atoms with E-state index in [1.54, 1.807) is 0 Å². The largest absolute Gasteiger partial charge is 0.310 e. The molecule has 2 aliphatic heterocycles. The summed E-state index contributed by atoms with van der Waals surface area (Å²) < 4.78 is 0. The Morgan fingerprint density at radius 2 is 0.616 bits per heavy atom. The molecule has 0 aliphatic carbocycles. The highest BCUT2D eigenvalue weighted by molar-refractivity contribution is 7.00. The van der Waals surface area contributed by atoms with Crippen molar-refractivity contribution in [1.82, 2.24) is 0 Å². The Balaban J connectivity index is 0.979. The number of benzene rings is 17. The maximum absolute atomic E-state index is 2.73. The average Bonchev–Trinajstić information content (AvgIpc) is 0.693. The van der Waals surface area contributed by atoms with Crippen LogP contribution in [0.25, 0.3) is 132 Å². The molecule has 2 nitrogen and oxygen atoms in total. The van der Waals surface area contributed by atoms with E-state index in [0.29, 0.717) is 0 Å². The second kappa shape index (κ2) is 23.2. The van der Waals surface area contributed by atoms with Gasteiger partial charge in [0.25, 0.3) is 6.71 Å². The van der Waals surface area contributed by atoms with Crippen molar-refractivity contribution < 1.29 is 0 Å². The molecule has 0 amide bonds. The molecule has 0 atom stereocenters. The molecule has 0 unspecified atom stereocenters. The van der Waals surface area contributed by atoms with Gasteiger partial charge in [0.15, 0.2) is 0 Å². The lowest BCUT2D eigenvalue weighted by Gasteiger charge is -2.46. The van der Waals surface area contributed by atoms with Crippen molar-refractivity contribution in [2.24, 2.45) is 0 Å². The van der Waals surface area contributed by atoms with Crippen molar-refractivity contribution in [3.8, 4) is 89.0 Å². The first-order chi connectivity index (χ1) is 48.8. The molecule has 17 aromatic carbocycles. The van der Waals surface area contributed by atoms with Crippen LogP contribution in [0.1, 0.15) is 26.3 Å². The summed E-state index contributed by atoms with van der Waals surface area (Å²) in [5, 5.41) is 10.3. The number of rotatable bonds is 10. The fourth-order valence-electron chi connectivity index (χ4n) is 16.5. The van der Waals surface area contributed by atoms with Gasteiger partial charge < -0.3 is 9.80 Å². The molecular weight excluding hydrogens is 1190 g/mol. The minimum absolute atomic E-state index is 0.222. The first-order valence-corrected chi connectivity index (χ1v) is 34.7. The third kappa shape index (κ3) is 9.55. The molecule has 19 rings (SSSR count). The van der Waals surface area contributed by atoms with E-state index >= 15 is 0 Å². The summed E-state index contributed by atoms with van der Waals surface area (Å²) in [7, 11) is 0. The van der Waals surface area contributed by atoms with E-state index in [2.05, 4.69) is 382 Å². The molecule has 2 aliphatic rings. The van der Waals surface area contributed by atoms with Crippen molar-refractivity contribution >= 4 is 100 Å². The quantitative estimate of drug-likeness (QED) is 0.0765. The Bertz CT molecular complexity index is 5820. The van der Waals surface area contributed by atoms with Crippen LogP contribution in [0, 0.1) is 0 Å². The van der Waals surface area contributed by atoms with E-state index in [1.807, 2.05) is 0 Å². The fraction of sp³-hybridized carbons (Fsp3) is 0.0417. The van der Waals surface area contributed by atoms with Gasteiger partial charge in [-0.2, -0.15) is 0 Å². The molecule has 0 spiro atoms. The van der Waals surface area contributed by atoms with Crippen LogP contribution < -0.4 is 26.2 Å². The van der Waals surface area contributed by atoms with E-state index in [9.17, 15) is 0 Å². The van der Waals surface area contributed by atoms with Gasteiger partial charge in [0.1, 0.15) is 0 Å². The van der Waals surface area contributed by atoms with E-state index in [0.717, 1.165) is 101 Å². The zero-order chi connectivity index (χ0) is 65.9. The molecule has 0 fully saturated rings. The number of fused-ring (bicyclic) bond motifs is 6. The molecule has 0 aromatic heterocycles. The lowest BCUT2D eigenvalue weighted by Crippen LogP contribution is -2.61. The molecule has 99 heavy (non-hydrogen) atoms. The average molecular weight is 1260 g/mol. The van der Waals surface area contributed by atoms with Crippen molar-refractivity contribution in [3.05, 3.63) is 357 Å². The molecule has 0 bridgehead atoms. The van der Waals surface area contributed by atoms with Crippen LogP contribution in [-0.2, 0) is 5.41 Å². The van der Waals surface area contributed by atoms with Gasteiger partial charge in [0.2, 0.25) is 0 Å². The van der Waals surface area contributed by atoms with Gasteiger partial charge >= 0.3 is 0 Å². The highest BCUT2D eigenvalue weighted by atomic mass is 15.2. The molecule has 3 heteroatoms. The standard InChI is InChI=1S/C96H67BN2/c1-96(2,3)74-60-89-93-90(61-74)99(95-83(67-38-21-9-22-39-67)56-73(64-32-15-6-16-33-64)57-84(95)68-40-23-10-24-41-68)88-59-71(75-50-51-80-78-45-26-43-69-42-25-44-77(91(69)78)79-47-27-46-76(75)92(79)80)48-52-85(88)97(93)86-58-70(62-28-11-4-12-29-62)49-53-87(86)98(89)94-81(65-34-17-7-18-35-65)54-72(63-30-13-5-14-31-63)55-82(94)66-36-19-8-20-37-66/h4-61H,1-3H3. The minimum Gasteiger partial charge on any atom is -0.310 e. The van der Waals surface area contributed by atoms with E-state index in [-0.39, 0.29) is 12.1 Å². The maximum Gasteiger partial charge on any atom is 0.252 e. The van der Waals surface area contributed by atoms with Crippen molar-refractivity contribution in [2.45, 2.75) is 26.2 Å². The highest BCUT2D eigenvalue weighted by Crippen LogP contribution is 2.56.